The number of rotatable bonds is 7. The number of carbonyl (C=O) groups excluding carboxylic acids is 2. The SMILES string of the molecule is N[C@@H](CNC(=O)CNC(=O)c1cccc(NC2=NCC(F)(F)CN2)c1)C(=O)O. The molecule has 1 aromatic carbocycles. The first kappa shape index (κ1) is 21.0. The Hall–Kier alpha value is -3.28. The van der Waals surface area contributed by atoms with Gasteiger partial charge in [0.2, 0.25) is 5.91 Å². The van der Waals surface area contributed by atoms with Crippen LogP contribution in [0.5, 0.6) is 0 Å². The summed E-state index contributed by atoms with van der Waals surface area (Å²) in [5, 5.41) is 18.6. The van der Waals surface area contributed by atoms with Crippen molar-refractivity contribution in [2.45, 2.75) is 12.0 Å². The van der Waals surface area contributed by atoms with Crippen LogP contribution >= 0.6 is 0 Å². The molecule has 28 heavy (non-hydrogen) atoms. The number of guanidine groups is 1. The van der Waals surface area contributed by atoms with Crippen molar-refractivity contribution >= 4 is 29.4 Å². The lowest BCUT2D eigenvalue weighted by Gasteiger charge is -2.23. The van der Waals surface area contributed by atoms with Crippen LogP contribution in [0.15, 0.2) is 29.3 Å². The Morgan fingerprint density at radius 3 is 2.71 bits per heavy atom. The number of aliphatic imine (C=N–C) groups is 1. The number of nitrogens with one attached hydrogen (secondary N) is 4. The van der Waals surface area contributed by atoms with E-state index in [9.17, 15) is 23.2 Å². The summed E-state index contributed by atoms with van der Waals surface area (Å²) in [5.74, 6) is -5.14. The highest BCUT2D eigenvalue weighted by Gasteiger charge is 2.32. The largest absolute Gasteiger partial charge is 0.480 e. The zero-order chi connectivity index (χ0) is 20.7. The van der Waals surface area contributed by atoms with E-state index in [1.807, 2.05) is 0 Å². The minimum atomic E-state index is -2.90. The first-order chi connectivity index (χ1) is 13.2. The molecule has 2 rings (SSSR count). The molecular weight excluding hydrogens is 378 g/mol. The molecule has 0 aliphatic carbocycles. The third-order valence-corrected chi connectivity index (χ3v) is 3.62. The average Bonchev–Trinajstić information content (AvgIpc) is 2.66. The average molecular weight is 398 g/mol. The van der Waals surface area contributed by atoms with Crippen molar-refractivity contribution in [3.05, 3.63) is 29.8 Å². The number of anilines is 1. The van der Waals surface area contributed by atoms with Gasteiger partial charge < -0.3 is 32.1 Å². The van der Waals surface area contributed by atoms with Crippen molar-refractivity contribution < 1.29 is 28.3 Å². The summed E-state index contributed by atoms with van der Waals surface area (Å²) < 4.78 is 26.1. The highest BCUT2D eigenvalue weighted by Crippen LogP contribution is 2.16. The van der Waals surface area contributed by atoms with Crippen molar-refractivity contribution in [1.82, 2.24) is 16.0 Å². The van der Waals surface area contributed by atoms with Gasteiger partial charge in [0.15, 0.2) is 5.96 Å². The molecule has 0 fully saturated rings. The normalized spacial score (nSPS) is 16.2. The quantitative estimate of drug-likeness (QED) is 0.342. The van der Waals surface area contributed by atoms with Gasteiger partial charge in [0.25, 0.3) is 11.8 Å². The van der Waals surface area contributed by atoms with Crippen molar-refractivity contribution in [3.63, 3.8) is 0 Å². The minimum Gasteiger partial charge on any atom is -0.480 e. The lowest BCUT2D eigenvalue weighted by atomic mass is 10.2. The zero-order valence-electron chi connectivity index (χ0n) is 14.7. The molecule has 1 aromatic rings. The first-order valence-electron chi connectivity index (χ1n) is 8.23. The summed E-state index contributed by atoms with van der Waals surface area (Å²) in [6.07, 6.45) is 0. The summed E-state index contributed by atoms with van der Waals surface area (Å²) >= 11 is 0. The fraction of sp³-hybridized carbons (Fsp3) is 0.375. The Balaban J connectivity index is 1.85. The molecule has 7 N–H and O–H groups in total. The molecule has 0 radical (unpaired) electrons. The monoisotopic (exact) mass is 398 g/mol. The van der Waals surface area contributed by atoms with E-state index < -0.39 is 42.8 Å². The van der Waals surface area contributed by atoms with Gasteiger partial charge in [0, 0.05) is 17.8 Å². The number of carboxylic acid groups (broad SMARTS) is 1. The van der Waals surface area contributed by atoms with Gasteiger partial charge in [-0.1, -0.05) is 6.07 Å². The summed E-state index contributed by atoms with van der Waals surface area (Å²) in [5.41, 5.74) is 5.92. The molecule has 152 valence electrons. The standard InChI is InChI=1S/C16H20F2N6O4/c17-16(18)7-22-15(23-8-16)24-10-3-1-2-9(4-10)13(26)21-6-12(25)20-5-11(19)14(27)28/h1-4,11H,5-8,19H2,(H,20,25)(H,21,26)(H,27,28)(H2,22,23,24)/t11-/m0/s1. The third kappa shape index (κ3) is 6.46. The van der Waals surface area contributed by atoms with Crippen LogP contribution < -0.4 is 27.0 Å². The summed E-state index contributed by atoms with van der Waals surface area (Å²) in [6, 6.07) is 4.92. The lowest BCUT2D eigenvalue weighted by Crippen LogP contribution is -2.46. The van der Waals surface area contributed by atoms with E-state index in [0.29, 0.717) is 5.69 Å². The van der Waals surface area contributed by atoms with E-state index >= 15 is 0 Å². The van der Waals surface area contributed by atoms with Gasteiger partial charge in [0.05, 0.1) is 13.1 Å². The zero-order valence-corrected chi connectivity index (χ0v) is 14.7. The molecule has 12 heteroatoms. The number of carboxylic acids is 1. The van der Waals surface area contributed by atoms with Crippen molar-refractivity contribution in [3.8, 4) is 0 Å². The van der Waals surface area contributed by atoms with Crippen LogP contribution in [0.2, 0.25) is 0 Å². The smallest absolute Gasteiger partial charge is 0.322 e. The van der Waals surface area contributed by atoms with Crippen LogP contribution in [0, 0.1) is 0 Å². The summed E-state index contributed by atoms with van der Waals surface area (Å²) in [4.78, 5) is 38.0. The number of halogens is 2. The molecule has 1 atom stereocenters. The second-order valence-corrected chi connectivity index (χ2v) is 6.01. The number of nitrogens with zero attached hydrogens (tertiary/aromatic N) is 1. The second kappa shape index (κ2) is 9.08. The van der Waals surface area contributed by atoms with Crippen LogP contribution in [-0.2, 0) is 9.59 Å². The van der Waals surface area contributed by atoms with Crippen LogP contribution in [0.3, 0.4) is 0 Å². The van der Waals surface area contributed by atoms with Crippen molar-refractivity contribution in [1.29, 1.82) is 0 Å². The highest BCUT2D eigenvalue weighted by atomic mass is 19.3. The van der Waals surface area contributed by atoms with Gasteiger partial charge in [-0.2, -0.15) is 0 Å². The predicted molar refractivity (Wildman–Crippen MR) is 96.3 cm³/mol. The molecule has 0 aromatic heterocycles. The second-order valence-electron chi connectivity index (χ2n) is 6.01. The van der Waals surface area contributed by atoms with Gasteiger partial charge in [0.1, 0.15) is 12.6 Å². The minimum absolute atomic E-state index is 0.164. The molecular formula is C16H20F2N6O4. The van der Waals surface area contributed by atoms with Gasteiger partial charge >= 0.3 is 5.97 Å². The number of benzene rings is 1. The third-order valence-electron chi connectivity index (χ3n) is 3.62. The van der Waals surface area contributed by atoms with E-state index in [2.05, 4.69) is 26.3 Å². The van der Waals surface area contributed by atoms with E-state index in [4.69, 9.17) is 10.8 Å². The molecule has 0 bridgehead atoms. The number of hydrogen-bond donors (Lipinski definition) is 6. The Kier molecular flexibility index (Phi) is 6.82. The number of alkyl halides is 2. The fourth-order valence-electron chi connectivity index (χ4n) is 2.11. The molecule has 0 saturated carbocycles. The molecule has 0 saturated heterocycles. The van der Waals surface area contributed by atoms with E-state index in [-0.39, 0.29) is 24.6 Å². The number of amides is 2. The number of nitrogens with two attached hydrogens (primary N) is 1. The van der Waals surface area contributed by atoms with Gasteiger partial charge in [-0.15, -0.1) is 0 Å². The molecule has 2 amide bonds. The van der Waals surface area contributed by atoms with Crippen molar-refractivity contribution in [2.24, 2.45) is 10.7 Å². The fourth-order valence-corrected chi connectivity index (χ4v) is 2.11. The topological polar surface area (TPSA) is 158 Å². The van der Waals surface area contributed by atoms with Crippen LogP contribution in [0.1, 0.15) is 10.4 Å². The molecule has 0 unspecified atom stereocenters. The molecule has 0 spiro atoms. The maximum absolute atomic E-state index is 13.1. The Labute approximate surface area is 158 Å². The Morgan fingerprint density at radius 1 is 1.32 bits per heavy atom. The highest BCUT2D eigenvalue weighted by molar-refractivity contribution is 5.99. The summed E-state index contributed by atoms with van der Waals surface area (Å²) in [6.45, 7) is -1.81. The molecule has 1 aliphatic heterocycles. The van der Waals surface area contributed by atoms with E-state index in [1.165, 1.54) is 12.1 Å². The maximum Gasteiger partial charge on any atom is 0.322 e. The Morgan fingerprint density at radius 2 is 2.07 bits per heavy atom. The lowest BCUT2D eigenvalue weighted by molar-refractivity contribution is -0.138. The van der Waals surface area contributed by atoms with Gasteiger partial charge in [-0.25, -0.2) is 13.8 Å². The van der Waals surface area contributed by atoms with Crippen LogP contribution in [-0.4, -0.2) is 67.0 Å². The predicted octanol–water partition coefficient (Wildman–Crippen LogP) is -1.05. The molecule has 1 aliphatic rings. The van der Waals surface area contributed by atoms with E-state index in [1.54, 1.807) is 12.1 Å². The number of hydrogen-bond acceptors (Lipinski definition) is 7. The van der Waals surface area contributed by atoms with Crippen LogP contribution in [0.25, 0.3) is 0 Å². The van der Waals surface area contributed by atoms with Crippen LogP contribution in [0.4, 0.5) is 14.5 Å². The number of carbonyl (C=O) groups is 3. The first-order valence-corrected chi connectivity index (χ1v) is 8.23. The van der Waals surface area contributed by atoms with Gasteiger partial charge in [-0.3, -0.25) is 14.4 Å². The molecule has 10 nitrogen and oxygen atoms in total. The maximum atomic E-state index is 13.1. The Bertz CT molecular complexity index is 786. The van der Waals surface area contributed by atoms with Gasteiger partial charge in [-0.05, 0) is 18.2 Å². The van der Waals surface area contributed by atoms with E-state index in [0.717, 1.165) is 0 Å². The summed E-state index contributed by atoms with van der Waals surface area (Å²) in [7, 11) is 0. The number of aliphatic carboxylic acids is 1. The molecule has 1 heterocycles. The van der Waals surface area contributed by atoms with Crippen molar-refractivity contribution in [2.75, 3.05) is 31.5 Å².